The van der Waals surface area contributed by atoms with Crippen LogP contribution in [0.15, 0.2) is 29.4 Å². The SMILES string of the molecule is COCCC(=O)N1CCC(c2nnc(SCCCN3CCC4(CC4c4ccc(C(F)(F)F)cc4)C3)n2C)CC1. The summed E-state index contributed by atoms with van der Waals surface area (Å²) in [5.74, 6) is 2.83. The van der Waals surface area contributed by atoms with Crippen LogP contribution in [-0.4, -0.2) is 82.7 Å². The Morgan fingerprint density at radius 1 is 1.15 bits per heavy atom. The first-order valence-electron chi connectivity index (χ1n) is 13.9. The van der Waals surface area contributed by atoms with Gasteiger partial charge >= 0.3 is 6.18 Å². The molecule has 2 aliphatic heterocycles. The zero-order valence-corrected chi connectivity index (χ0v) is 23.6. The molecule has 0 bridgehead atoms. The Morgan fingerprint density at radius 2 is 1.90 bits per heavy atom. The van der Waals surface area contributed by atoms with E-state index in [1.165, 1.54) is 12.1 Å². The molecule has 2 aromatic rings. The van der Waals surface area contributed by atoms with Gasteiger partial charge in [0.2, 0.25) is 5.91 Å². The number of likely N-dealkylation sites (tertiary alicyclic amines) is 2. The summed E-state index contributed by atoms with van der Waals surface area (Å²) in [4.78, 5) is 16.7. The van der Waals surface area contributed by atoms with Crippen molar-refractivity contribution in [2.24, 2.45) is 12.5 Å². The average molecular weight is 566 g/mol. The molecule has 214 valence electrons. The zero-order valence-electron chi connectivity index (χ0n) is 22.8. The summed E-state index contributed by atoms with van der Waals surface area (Å²) < 4.78 is 45.8. The minimum atomic E-state index is -4.28. The van der Waals surface area contributed by atoms with E-state index in [4.69, 9.17) is 4.74 Å². The van der Waals surface area contributed by atoms with Crippen molar-refractivity contribution in [1.82, 2.24) is 24.6 Å². The van der Waals surface area contributed by atoms with Crippen molar-refractivity contribution in [2.75, 3.05) is 52.2 Å². The zero-order chi connectivity index (χ0) is 27.6. The number of halogens is 3. The molecule has 0 N–H and O–H groups in total. The Balaban J connectivity index is 1.03. The lowest BCUT2D eigenvalue weighted by Crippen LogP contribution is -2.38. The Hall–Kier alpha value is -2.11. The number of carbonyl (C=O) groups is 1. The first-order valence-corrected chi connectivity index (χ1v) is 14.9. The van der Waals surface area contributed by atoms with E-state index in [0.717, 1.165) is 87.1 Å². The summed E-state index contributed by atoms with van der Waals surface area (Å²) in [6.07, 6.45) is 1.21. The molecule has 1 aromatic carbocycles. The second kappa shape index (κ2) is 11.8. The van der Waals surface area contributed by atoms with Crippen molar-refractivity contribution in [3.8, 4) is 0 Å². The second-order valence-electron chi connectivity index (χ2n) is 11.3. The molecule has 1 saturated carbocycles. The molecule has 39 heavy (non-hydrogen) atoms. The number of rotatable bonds is 10. The minimum Gasteiger partial charge on any atom is -0.384 e. The van der Waals surface area contributed by atoms with Crippen LogP contribution in [0, 0.1) is 5.41 Å². The van der Waals surface area contributed by atoms with Gasteiger partial charge in [0.25, 0.3) is 0 Å². The summed E-state index contributed by atoms with van der Waals surface area (Å²) in [5.41, 5.74) is 0.717. The fourth-order valence-corrected chi connectivity index (χ4v) is 7.18. The van der Waals surface area contributed by atoms with E-state index in [0.29, 0.717) is 24.9 Å². The smallest absolute Gasteiger partial charge is 0.384 e. The molecular weight excluding hydrogens is 527 g/mol. The third kappa shape index (κ3) is 6.46. The van der Waals surface area contributed by atoms with Gasteiger partial charge in [0.15, 0.2) is 5.16 Å². The van der Waals surface area contributed by atoms with Gasteiger partial charge in [-0.15, -0.1) is 10.2 Å². The van der Waals surface area contributed by atoms with Crippen LogP contribution in [0.5, 0.6) is 0 Å². The minimum absolute atomic E-state index is 0.158. The standard InChI is InChI=1S/C28H38F3N5O2S/c1-34-25(21-8-13-36(14-9-21)24(37)10-16-38-2)32-33-26(34)39-17-3-12-35-15-11-27(19-35)18-23(27)20-4-6-22(7-5-20)28(29,30)31/h4-7,21,23H,3,8-19H2,1-2H3. The van der Waals surface area contributed by atoms with Crippen LogP contribution in [0.2, 0.25) is 0 Å². The number of piperidine rings is 1. The molecule has 2 atom stereocenters. The maximum absolute atomic E-state index is 12.9. The lowest BCUT2D eigenvalue weighted by Gasteiger charge is -2.31. The van der Waals surface area contributed by atoms with Crippen molar-refractivity contribution >= 4 is 17.7 Å². The maximum atomic E-state index is 12.9. The number of carbonyl (C=O) groups excluding carboxylic acids is 1. The van der Waals surface area contributed by atoms with Gasteiger partial charge in [-0.2, -0.15) is 13.2 Å². The number of aromatic nitrogens is 3. The Kier molecular flexibility index (Phi) is 8.59. The molecule has 1 aliphatic carbocycles. The number of thioether (sulfide) groups is 1. The fourth-order valence-electron chi connectivity index (χ4n) is 6.34. The molecule has 0 radical (unpaired) electrons. The van der Waals surface area contributed by atoms with Crippen LogP contribution in [0.1, 0.15) is 67.3 Å². The third-order valence-electron chi connectivity index (χ3n) is 8.75. The van der Waals surface area contributed by atoms with Gasteiger partial charge in [-0.25, -0.2) is 0 Å². The number of alkyl halides is 3. The van der Waals surface area contributed by atoms with Crippen molar-refractivity contribution < 1.29 is 22.7 Å². The summed E-state index contributed by atoms with van der Waals surface area (Å²) in [7, 11) is 3.65. The molecule has 1 spiro atoms. The first kappa shape index (κ1) is 28.4. The van der Waals surface area contributed by atoms with Crippen molar-refractivity contribution in [3.63, 3.8) is 0 Å². The highest BCUT2D eigenvalue weighted by Crippen LogP contribution is 2.64. The number of benzene rings is 1. The van der Waals surface area contributed by atoms with Crippen molar-refractivity contribution in [2.45, 2.75) is 61.7 Å². The topological polar surface area (TPSA) is 63.5 Å². The Morgan fingerprint density at radius 3 is 2.59 bits per heavy atom. The number of methoxy groups -OCH3 is 1. The van der Waals surface area contributed by atoms with Gasteiger partial charge in [0.1, 0.15) is 5.82 Å². The van der Waals surface area contributed by atoms with E-state index in [2.05, 4.69) is 19.7 Å². The fraction of sp³-hybridized carbons (Fsp3) is 0.679. The molecule has 2 unspecified atom stereocenters. The number of amides is 1. The van der Waals surface area contributed by atoms with Crippen LogP contribution >= 0.6 is 11.8 Å². The van der Waals surface area contributed by atoms with Gasteiger partial charge < -0.3 is 19.1 Å². The number of hydrogen-bond donors (Lipinski definition) is 0. The predicted octanol–water partition coefficient (Wildman–Crippen LogP) is 4.94. The normalized spacial score (nSPS) is 24.1. The van der Waals surface area contributed by atoms with E-state index in [-0.39, 0.29) is 11.3 Å². The van der Waals surface area contributed by atoms with E-state index in [1.54, 1.807) is 31.0 Å². The van der Waals surface area contributed by atoms with E-state index >= 15 is 0 Å². The molecule has 2 saturated heterocycles. The van der Waals surface area contributed by atoms with E-state index in [1.807, 2.05) is 11.9 Å². The lowest BCUT2D eigenvalue weighted by molar-refractivity contribution is -0.137. The van der Waals surface area contributed by atoms with Crippen LogP contribution in [0.4, 0.5) is 13.2 Å². The van der Waals surface area contributed by atoms with Gasteiger partial charge in [-0.05, 0) is 74.2 Å². The van der Waals surface area contributed by atoms with Gasteiger partial charge in [-0.1, -0.05) is 23.9 Å². The first-order chi connectivity index (χ1) is 18.7. The molecule has 3 fully saturated rings. The van der Waals surface area contributed by atoms with Crippen molar-refractivity contribution in [1.29, 1.82) is 0 Å². The predicted molar refractivity (Wildman–Crippen MR) is 144 cm³/mol. The Labute approximate surface area is 232 Å². The molecule has 11 heteroatoms. The average Bonchev–Trinajstić information content (AvgIpc) is 3.27. The number of hydrogen-bond acceptors (Lipinski definition) is 6. The van der Waals surface area contributed by atoms with E-state index < -0.39 is 11.7 Å². The molecular formula is C28H38F3N5O2S. The lowest BCUT2D eigenvalue weighted by atomic mass is 9.96. The highest BCUT2D eigenvalue weighted by Gasteiger charge is 2.57. The molecule has 1 amide bonds. The summed E-state index contributed by atoms with van der Waals surface area (Å²) in [6.45, 7) is 5.07. The monoisotopic (exact) mass is 565 g/mol. The third-order valence-corrected chi connectivity index (χ3v) is 9.85. The molecule has 5 rings (SSSR count). The molecule has 3 aliphatic rings. The molecule has 7 nitrogen and oxygen atoms in total. The van der Waals surface area contributed by atoms with Gasteiger partial charge in [0.05, 0.1) is 18.6 Å². The summed E-state index contributed by atoms with van der Waals surface area (Å²) in [6, 6.07) is 5.78. The van der Waals surface area contributed by atoms with Crippen LogP contribution < -0.4 is 0 Å². The largest absolute Gasteiger partial charge is 0.416 e. The van der Waals surface area contributed by atoms with Crippen LogP contribution in [0.3, 0.4) is 0 Å². The van der Waals surface area contributed by atoms with Crippen molar-refractivity contribution in [3.05, 3.63) is 41.2 Å². The summed E-state index contributed by atoms with van der Waals surface area (Å²) >= 11 is 1.74. The second-order valence-corrected chi connectivity index (χ2v) is 12.3. The molecule has 3 heterocycles. The maximum Gasteiger partial charge on any atom is 0.416 e. The van der Waals surface area contributed by atoms with Crippen LogP contribution in [0.25, 0.3) is 0 Å². The highest BCUT2D eigenvalue weighted by atomic mass is 32.2. The van der Waals surface area contributed by atoms with E-state index in [9.17, 15) is 18.0 Å². The van der Waals surface area contributed by atoms with Gasteiger partial charge in [0, 0.05) is 45.5 Å². The molecule has 1 aromatic heterocycles. The highest BCUT2D eigenvalue weighted by molar-refractivity contribution is 7.99. The van der Waals surface area contributed by atoms with Gasteiger partial charge in [-0.3, -0.25) is 4.79 Å². The number of ether oxygens (including phenoxy) is 1. The Bertz CT molecular complexity index is 1130. The quantitative estimate of drug-likeness (QED) is 0.301. The van der Waals surface area contributed by atoms with Crippen LogP contribution in [-0.2, 0) is 22.8 Å². The number of nitrogens with zero attached hydrogens (tertiary/aromatic N) is 5. The summed E-state index contributed by atoms with van der Waals surface area (Å²) in [5, 5.41) is 9.88.